The lowest BCUT2D eigenvalue weighted by atomic mass is 9.98. The Balaban J connectivity index is 2.67. The number of aryl methyl sites for hydroxylation is 2. The zero-order chi connectivity index (χ0) is 13.5. The first kappa shape index (κ1) is 14.7. The van der Waals surface area contributed by atoms with Gasteiger partial charge < -0.3 is 5.32 Å². The van der Waals surface area contributed by atoms with E-state index in [9.17, 15) is 4.79 Å². The molecule has 0 fully saturated rings. The van der Waals surface area contributed by atoms with E-state index in [0.29, 0.717) is 0 Å². The summed E-state index contributed by atoms with van der Waals surface area (Å²) in [4.78, 5) is 12.2. The molecular formula is C16H25NO. The first-order valence-corrected chi connectivity index (χ1v) is 6.96. The maximum atomic E-state index is 12.2. The summed E-state index contributed by atoms with van der Waals surface area (Å²) in [6.45, 7) is 8.35. The standard InChI is InChI=1S/C16H25NO/c1-5-7-8-14(6-2)16(18)17-15-10-12(3)9-13(4)11-15/h9-11,14H,5-8H2,1-4H3,(H,17,18)/t14-/m1/s1. The summed E-state index contributed by atoms with van der Waals surface area (Å²) < 4.78 is 0. The second-order valence-electron chi connectivity index (χ2n) is 5.11. The fraction of sp³-hybridized carbons (Fsp3) is 0.562. The summed E-state index contributed by atoms with van der Waals surface area (Å²) in [7, 11) is 0. The van der Waals surface area contributed by atoms with Gasteiger partial charge in [-0.05, 0) is 49.9 Å². The lowest BCUT2D eigenvalue weighted by Gasteiger charge is -2.15. The fourth-order valence-electron chi connectivity index (χ4n) is 2.26. The first-order chi connectivity index (χ1) is 8.56. The van der Waals surface area contributed by atoms with Crippen molar-refractivity contribution in [2.45, 2.75) is 53.4 Å². The van der Waals surface area contributed by atoms with E-state index in [1.54, 1.807) is 0 Å². The number of carbonyl (C=O) groups excluding carboxylic acids is 1. The zero-order valence-electron chi connectivity index (χ0n) is 12.0. The number of carbonyl (C=O) groups is 1. The quantitative estimate of drug-likeness (QED) is 0.790. The highest BCUT2D eigenvalue weighted by molar-refractivity contribution is 5.92. The molecule has 18 heavy (non-hydrogen) atoms. The third-order valence-electron chi connectivity index (χ3n) is 3.26. The maximum absolute atomic E-state index is 12.2. The lowest BCUT2D eigenvalue weighted by molar-refractivity contribution is -0.120. The second kappa shape index (κ2) is 7.20. The molecule has 1 amide bonds. The van der Waals surface area contributed by atoms with Crippen molar-refractivity contribution in [1.82, 2.24) is 0 Å². The van der Waals surface area contributed by atoms with Crippen LogP contribution in [0.1, 0.15) is 50.7 Å². The van der Waals surface area contributed by atoms with Crippen LogP contribution in [0, 0.1) is 19.8 Å². The van der Waals surface area contributed by atoms with Crippen LogP contribution in [0.5, 0.6) is 0 Å². The summed E-state index contributed by atoms with van der Waals surface area (Å²) in [5.41, 5.74) is 3.30. The second-order valence-corrected chi connectivity index (χ2v) is 5.11. The number of unbranched alkanes of at least 4 members (excludes halogenated alkanes) is 1. The minimum absolute atomic E-state index is 0.144. The molecule has 0 saturated carbocycles. The highest BCUT2D eigenvalue weighted by Crippen LogP contribution is 2.18. The molecule has 0 spiro atoms. The summed E-state index contributed by atoms with van der Waals surface area (Å²) in [6, 6.07) is 6.17. The van der Waals surface area contributed by atoms with Gasteiger partial charge in [0.05, 0.1) is 0 Å². The molecule has 0 bridgehead atoms. The van der Waals surface area contributed by atoms with Crippen LogP contribution in [0.3, 0.4) is 0 Å². The third kappa shape index (κ3) is 4.52. The summed E-state index contributed by atoms with van der Waals surface area (Å²) in [5, 5.41) is 3.04. The van der Waals surface area contributed by atoms with Crippen molar-refractivity contribution in [3.63, 3.8) is 0 Å². The molecule has 0 heterocycles. The molecule has 0 saturated heterocycles. The van der Waals surface area contributed by atoms with Crippen LogP contribution in [-0.2, 0) is 4.79 Å². The van der Waals surface area contributed by atoms with Crippen molar-refractivity contribution >= 4 is 11.6 Å². The van der Waals surface area contributed by atoms with Crippen LogP contribution in [0.25, 0.3) is 0 Å². The SMILES string of the molecule is CCCC[C@@H](CC)C(=O)Nc1cc(C)cc(C)c1. The number of hydrogen-bond donors (Lipinski definition) is 1. The van der Waals surface area contributed by atoms with Crippen LogP contribution in [0.2, 0.25) is 0 Å². The number of amides is 1. The normalized spacial score (nSPS) is 12.2. The van der Waals surface area contributed by atoms with E-state index in [2.05, 4.69) is 39.1 Å². The van der Waals surface area contributed by atoms with Gasteiger partial charge in [-0.1, -0.05) is 32.8 Å². The minimum Gasteiger partial charge on any atom is -0.326 e. The molecular weight excluding hydrogens is 222 g/mol. The largest absolute Gasteiger partial charge is 0.326 e. The Morgan fingerprint density at radius 3 is 2.28 bits per heavy atom. The minimum atomic E-state index is 0.144. The van der Waals surface area contributed by atoms with Crippen molar-refractivity contribution in [1.29, 1.82) is 0 Å². The van der Waals surface area contributed by atoms with E-state index in [-0.39, 0.29) is 11.8 Å². The lowest BCUT2D eigenvalue weighted by Crippen LogP contribution is -2.22. The van der Waals surface area contributed by atoms with E-state index >= 15 is 0 Å². The highest BCUT2D eigenvalue weighted by Gasteiger charge is 2.15. The molecule has 0 aromatic heterocycles. The molecule has 1 aromatic rings. The van der Waals surface area contributed by atoms with Gasteiger partial charge in [0.25, 0.3) is 0 Å². The molecule has 0 aliphatic rings. The monoisotopic (exact) mass is 247 g/mol. The highest BCUT2D eigenvalue weighted by atomic mass is 16.1. The Labute approximate surface area is 111 Å². The van der Waals surface area contributed by atoms with Gasteiger partial charge in [0.15, 0.2) is 0 Å². The molecule has 100 valence electrons. The van der Waals surface area contributed by atoms with Gasteiger partial charge in [0.2, 0.25) is 5.91 Å². The van der Waals surface area contributed by atoms with E-state index in [1.807, 2.05) is 12.1 Å². The van der Waals surface area contributed by atoms with Gasteiger partial charge in [-0.2, -0.15) is 0 Å². The zero-order valence-corrected chi connectivity index (χ0v) is 12.0. The van der Waals surface area contributed by atoms with Crippen molar-refractivity contribution < 1.29 is 4.79 Å². The predicted octanol–water partition coefficient (Wildman–Crippen LogP) is 4.46. The Morgan fingerprint density at radius 1 is 1.17 bits per heavy atom. The fourth-order valence-corrected chi connectivity index (χ4v) is 2.26. The van der Waals surface area contributed by atoms with Crippen molar-refractivity contribution in [3.8, 4) is 0 Å². The number of anilines is 1. The number of rotatable bonds is 6. The van der Waals surface area contributed by atoms with Gasteiger partial charge in [-0.25, -0.2) is 0 Å². The van der Waals surface area contributed by atoms with Gasteiger partial charge in [-0.3, -0.25) is 4.79 Å². The number of benzene rings is 1. The van der Waals surface area contributed by atoms with E-state index in [4.69, 9.17) is 0 Å². The van der Waals surface area contributed by atoms with Crippen LogP contribution >= 0.6 is 0 Å². The molecule has 0 aliphatic heterocycles. The van der Waals surface area contributed by atoms with Gasteiger partial charge in [-0.15, -0.1) is 0 Å². The van der Waals surface area contributed by atoms with Crippen molar-refractivity contribution in [2.75, 3.05) is 5.32 Å². The number of nitrogens with one attached hydrogen (secondary N) is 1. The Kier molecular flexibility index (Phi) is 5.90. The van der Waals surface area contributed by atoms with Gasteiger partial charge in [0.1, 0.15) is 0 Å². The molecule has 2 heteroatoms. The average molecular weight is 247 g/mol. The molecule has 0 unspecified atom stereocenters. The molecule has 0 radical (unpaired) electrons. The number of hydrogen-bond acceptors (Lipinski definition) is 1. The maximum Gasteiger partial charge on any atom is 0.227 e. The van der Waals surface area contributed by atoms with Crippen LogP contribution in [0.15, 0.2) is 18.2 Å². The third-order valence-corrected chi connectivity index (χ3v) is 3.26. The van der Waals surface area contributed by atoms with Crippen LogP contribution in [0.4, 0.5) is 5.69 Å². The molecule has 1 rings (SSSR count). The van der Waals surface area contributed by atoms with Gasteiger partial charge >= 0.3 is 0 Å². The molecule has 1 aromatic carbocycles. The predicted molar refractivity (Wildman–Crippen MR) is 77.9 cm³/mol. The van der Waals surface area contributed by atoms with Gasteiger partial charge in [0, 0.05) is 11.6 Å². The first-order valence-electron chi connectivity index (χ1n) is 6.96. The summed E-state index contributed by atoms with van der Waals surface area (Å²) >= 11 is 0. The Bertz CT molecular complexity index is 378. The Hall–Kier alpha value is -1.31. The van der Waals surface area contributed by atoms with Crippen LogP contribution in [-0.4, -0.2) is 5.91 Å². The molecule has 0 aliphatic carbocycles. The smallest absolute Gasteiger partial charge is 0.227 e. The van der Waals surface area contributed by atoms with Crippen LogP contribution < -0.4 is 5.32 Å². The summed E-state index contributed by atoms with van der Waals surface area (Å²) in [5.74, 6) is 0.307. The van der Waals surface area contributed by atoms with E-state index in [1.165, 1.54) is 11.1 Å². The average Bonchev–Trinajstić information content (AvgIpc) is 2.28. The van der Waals surface area contributed by atoms with E-state index < -0.39 is 0 Å². The summed E-state index contributed by atoms with van der Waals surface area (Å²) in [6.07, 6.45) is 4.17. The molecule has 1 N–H and O–H groups in total. The Morgan fingerprint density at radius 2 is 1.78 bits per heavy atom. The van der Waals surface area contributed by atoms with E-state index in [0.717, 1.165) is 31.4 Å². The van der Waals surface area contributed by atoms with Crippen molar-refractivity contribution in [3.05, 3.63) is 29.3 Å². The molecule has 2 nitrogen and oxygen atoms in total. The topological polar surface area (TPSA) is 29.1 Å². The molecule has 1 atom stereocenters. The van der Waals surface area contributed by atoms with Crippen molar-refractivity contribution in [2.24, 2.45) is 5.92 Å².